The quantitative estimate of drug-likeness (QED) is 0.714. The van der Waals surface area contributed by atoms with Crippen LogP contribution < -0.4 is 5.32 Å². The lowest BCUT2D eigenvalue weighted by Gasteiger charge is -2.02. The summed E-state index contributed by atoms with van der Waals surface area (Å²) in [6.45, 7) is 1.39. The zero-order chi connectivity index (χ0) is 10.9. The zero-order valence-electron chi connectivity index (χ0n) is 9.06. The van der Waals surface area contributed by atoms with Gasteiger partial charge in [-0.3, -0.25) is 9.78 Å². The topological polar surface area (TPSA) is 62.2 Å². The van der Waals surface area contributed by atoms with Gasteiger partial charge in [0.2, 0.25) is 0 Å². The molecule has 0 unspecified atom stereocenters. The summed E-state index contributed by atoms with van der Waals surface area (Å²) < 4.78 is 0. The van der Waals surface area contributed by atoms with Gasteiger partial charge in [-0.2, -0.15) is 0 Å². The summed E-state index contributed by atoms with van der Waals surface area (Å²) >= 11 is 0. The second-order valence-corrected chi connectivity index (χ2v) is 3.36. The molecule has 0 saturated heterocycles. The van der Waals surface area contributed by atoms with Crippen LogP contribution in [-0.4, -0.2) is 29.1 Å². The third-order valence-corrected chi connectivity index (χ3v) is 2.06. The lowest BCUT2D eigenvalue weighted by atomic mass is 10.1. The number of aliphatic carboxylic acids is 1. The van der Waals surface area contributed by atoms with Crippen LogP contribution >= 0.6 is 12.4 Å². The standard InChI is InChI=1S/C11H16N2O2.ClH/c14-11(15)5-8-12-6-1-3-10-4-2-7-13-9-10;/h2,4,7,9,12H,1,3,5-6,8H2,(H,14,15);1H. The van der Waals surface area contributed by atoms with Crippen molar-refractivity contribution in [1.82, 2.24) is 10.3 Å². The number of hydrogen-bond acceptors (Lipinski definition) is 3. The molecule has 1 heterocycles. The lowest BCUT2D eigenvalue weighted by Crippen LogP contribution is -2.19. The van der Waals surface area contributed by atoms with Crippen LogP contribution in [-0.2, 0) is 11.2 Å². The van der Waals surface area contributed by atoms with Crippen LogP contribution in [0.4, 0.5) is 0 Å². The number of hydrogen-bond donors (Lipinski definition) is 2. The van der Waals surface area contributed by atoms with Crippen LogP contribution in [0.5, 0.6) is 0 Å². The Morgan fingerprint density at radius 1 is 1.44 bits per heavy atom. The summed E-state index contributed by atoms with van der Waals surface area (Å²) in [6, 6.07) is 3.97. The molecule has 0 amide bonds. The van der Waals surface area contributed by atoms with Gasteiger partial charge < -0.3 is 10.4 Å². The van der Waals surface area contributed by atoms with Crippen molar-refractivity contribution in [3.63, 3.8) is 0 Å². The number of aromatic nitrogens is 1. The van der Waals surface area contributed by atoms with E-state index in [0.717, 1.165) is 19.4 Å². The molecule has 1 aromatic heterocycles. The minimum absolute atomic E-state index is 0. The zero-order valence-corrected chi connectivity index (χ0v) is 9.87. The van der Waals surface area contributed by atoms with Crippen molar-refractivity contribution in [3.8, 4) is 0 Å². The fraction of sp³-hybridized carbons (Fsp3) is 0.455. The first-order valence-corrected chi connectivity index (χ1v) is 5.10. The maximum atomic E-state index is 10.2. The van der Waals surface area contributed by atoms with Crippen molar-refractivity contribution in [2.75, 3.05) is 13.1 Å². The Hall–Kier alpha value is -1.13. The van der Waals surface area contributed by atoms with Crippen LogP contribution in [0.15, 0.2) is 24.5 Å². The van der Waals surface area contributed by atoms with Gasteiger partial charge in [0.1, 0.15) is 0 Å². The molecule has 1 aromatic rings. The summed E-state index contributed by atoms with van der Waals surface area (Å²) in [6.07, 6.45) is 5.79. The van der Waals surface area contributed by atoms with E-state index in [1.165, 1.54) is 5.56 Å². The van der Waals surface area contributed by atoms with E-state index in [0.29, 0.717) is 6.54 Å². The van der Waals surface area contributed by atoms with Crippen molar-refractivity contribution >= 4 is 18.4 Å². The first kappa shape index (κ1) is 14.9. The number of rotatable bonds is 7. The average Bonchev–Trinajstić information content (AvgIpc) is 2.24. The Labute approximate surface area is 101 Å². The van der Waals surface area contributed by atoms with Crippen LogP contribution in [0.1, 0.15) is 18.4 Å². The van der Waals surface area contributed by atoms with E-state index in [-0.39, 0.29) is 18.8 Å². The normalized spacial score (nSPS) is 9.50. The van der Waals surface area contributed by atoms with Gasteiger partial charge in [-0.15, -0.1) is 12.4 Å². The molecule has 4 nitrogen and oxygen atoms in total. The Bertz CT molecular complexity index is 293. The van der Waals surface area contributed by atoms with Gasteiger partial charge in [0.15, 0.2) is 0 Å². The second kappa shape index (κ2) is 9.12. The smallest absolute Gasteiger partial charge is 0.304 e. The second-order valence-electron chi connectivity index (χ2n) is 3.36. The Kier molecular flexibility index (Phi) is 8.48. The average molecular weight is 245 g/mol. The van der Waals surface area contributed by atoms with Crippen LogP contribution in [0, 0.1) is 0 Å². The highest BCUT2D eigenvalue weighted by Gasteiger charge is 1.95. The molecular weight excluding hydrogens is 228 g/mol. The Morgan fingerprint density at radius 2 is 2.25 bits per heavy atom. The number of aryl methyl sites for hydroxylation is 1. The molecule has 0 saturated carbocycles. The number of carboxylic acids is 1. The van der Waals surface area contributed by atoms with Gasteiger partial charge in [0.05, 0.1) is 6.42 Å². The summed E-state index contributed by atoms with van der Waals surface area (Å²) in [5.74, 6) is -0.755. The molecule has 2 N–H and O–H groups in total. The molecule has 0 aliphatic rings. The molecule has 1 rings (SSSR count). The fourth-order valence-electron chi connectivity index (χ4n) is 1.28. The van der Waals surface area contributed by atoms with E-state index in [4.69, 9.17) is 5.11 Å². The molecule has 16 heavy (non-hydrogen) atoms. The third-order valence-electron chi connectivity index (χ3n) is 2.06. The molecule has 0 atom stereocenters. The Morgan fingerprint density at radius 3 is 2.88 bits per heavy atom. The van der Waals surface area contributed by atoms with Crippen molar-refractivity contribution in [2.24, 2.45) is 0 Å². The van der Waals surface area contributed by atoms with Crippen molar-refractivity contribution in [2.45, 2.75) is 19.3 Å². The monoisotopic (exact) mass is 244 g/mol. The number of nitrogens with one attached hydrogen (secondary N) is 1. The lowest BCUT2D eigenvalue weighted by molar-refractivity contribution is -0.136. The molecule has 0 fully saturated rings. The van der Waals surface area contributed by atoms with E-state index in [9.17, 15) is 4.79 Å². The van der Waals surface area contributed by atoms with E-state index >= 15 is 0 Å². The third kappa shape index (κ3) is 7.20. The van der Waals surface area contributed by atoms with Crippen molar-refractivity contribution in [3.05, 3.63) is 30.1 Å². The highest BCUT2D eigenvalue weighted by molar-refractivity contribution is 5.85. The number of pyridine rings is 1. The molecule has 0 bridgehead atoms. The van der Waals surface area contributed by atoms with Crippen LogP contribution in [0.3, 0.4) is 0 Å². The molecule has 0 spiro atoms. The van der Waals surface area contributed by atoms with Gasteiger partial charge in [0.25, 0.3) is 0 Å². The van der Waals surface area contributed by atoms with E-state index < -0.39 is 5.97 Å². The first-order valence-electron chi connectivity index (χ1n) is 5.10. The van der Waals surface area contributed by atoms with Gasteiger partial charge in [-0.25, -0.2) is 0 Å². The summed E-state index contributed by atoms with van der Waals surface area (Å²) in [5.41, 5.74) is 1.22. The molecule has 0 aliphatic carbocycles. The van der Waals surface area contributed by atoms with Crippen molar-refractivity contribution < 1.29 is 9.90 Å². The molecular formula is C11H17ClN2O2. The summed E-state index contributed by atoms with van der Waals surface area (Å²) in [4.78, 5) is 14.2. The SMILES string of the molecule is Cl.O=C(O)CCNCCCc1cccnc1. The van der Waals surface area contributed by atoms with Crippen LogP contribution in [0.25, 0.3) is 0 Å². The fourth-order valence-corrected chi connectivity index (χ4v) is 1.28. The predicted molar refractivity (Wildman–Crippen MR) is 64.9 cm³/mol. The summed E-state index contributed by atoms with van der Waals surface area (Å²) in [7, 11) is 0. The van der Waals surface area contributed by atoms with Gasteiger partial charge in [-0.05, 0) is 31.0 Å². The molecule has 0 aromatic carbocycles. The van der Waals surface area contributed by atoms with Gasteiger partial charge in [0, 0.05) is 18.9 Å². The highest BCUT2D eigenvalue weighted by atomic mass is 35.5. The maximum absolute atomic E-state index is 10.2. The predicted octanol–water partition coefficient (Wildman–Crippen LogP) is 1.50. The highest BCUT2D eigenvalue weighted by Crippen LogP contribution is 1.98. The van der Waals surface area contributed by atoms with E-state index in [1.54, 1.807) is 6.20 Å². The number of carbonyl (C=O) groups is 1. The summed E-state index contributed by atoms with van der Waals surface area (Å²) in [5, 5.41) is 11.5. The van der Waals surface area contributed by atoms with Gasteiger partial charge in [-0.1, -0.05) is 6.07 Å². The molecule has 0 radical (unpaired) electrons. The number of carboxylic acid groups (broad SMARTS) is 1. The van der Waals surface area contributed by atoms with E-state index in [2.05, 4.69) is 10.3 Å². The largest absolute Gasteiger partial charge is 0.481 e. The minimum atomic E-state index is -0.755. The Balaban J connectivity index is 0.00000225. The first-order chi connectivity index (χ1) is 7.29. The molecule has 5 heteroatoms. The minimum Gasteiger partial charge on any atom is -0.481 e. The molecule has 90 valence electrons. The number of halogens is 1. The maximum Gasteiger partial charge on any atom is 0.304 e. The van der Waals surface area contributed by atoms with E-state index in [1.807, 2.05) is 18.3 Å². The van der Waals surface area contributed by atoms with Gasteiger partial charge >= 0.3 is 5.97 Å². The van der Waals surface area contributed by atoms with Crippen molar-refractivity contribution in [1.29, 1.82) is 0 Å². The number of nitrogens with zero attached hydrogens (tertiary/aromatic N) is 1. The van der Waals surface area contributed by atoms with Crippen LogP contribution in [0.2, 0.25) is 0 Å². The molecule has 0 aliphatic heterocycles.